The van der Waals surface area contributed by atoms with E-state index < -0.39 is 17.6 Å². The van der Waals surface area contributed by atoms with Crippen LogP contribution in [0.3, 0.4) is 0 Å². The average molecular weight is 319 g/mol. The molecule has 1 aliphatic rings. The van der Waals surface area contributed by atoms with Gasteiger partial charge in [0, 0.05) is 17.2 Å². The molecule has 3 unspecified atom stereocenters. The topological polar surface area (TPSA) is 35.5 Å². The molecule has 0 amide bonds. The smallest absolute Gasteiger partial charge is 0.303 e. The van der Waals surface area contributed by atoms with Crippen molar-refractivity contribution in [2.45, 2.75) is 36.8 Å². The molecule has 0 radical (unpaired) electrons. The predicted octanol–water partition coefficient (Wildman–Crippen LogP) is 3.59. The number of halogens is 2. The van der Waals surface area contributed by atoms with E-state index in [0.717, 1.165) is 5.56 Å². The Labute approximate surface area is 126 Å². The van der Waals surface area contributed by atoms with Crippen LogP contribution in [0.25, 0.3) is 0 Å². The minimum atomic E-state index is -1.12. The zero-order valence-corrected chi connectivity index (χ0v) is 12.6. The highest BCUT2D eigenvalue weighted by molar-refractivity contribution is 8.00. The molecular weight excluding hydrogens is 303 g/mol. The number of esters is 1. The highest BCUT2D eigenvalue weighted by Gasteiger charge is 2.37. The van der Waals surface area contributed by atoms with Crippen LogP contribution in [-0.4, -0.2) is 29.4 Å². The molecule has 0 spiro atoms. The van der Waals surface area contributed by atoms with E-state index in [1.54, 1.807) is 12.1 Å². The summed E-state index contributed by atoms with van der Waals surface area (Å²) in [5, 5.41) is 0.700. The maximum Gasteiger partial charge on any atom is 0.303 e. The lowest BCUT2D eigenvalue weighted by molar-refractivity contribution is -0.144. The van der Waals surface area contributed by atoms with Crippen LogP contribution < -0.4 is 0 Å². The Morgan fingerprint density at radius 1 is 1.45 bits per heavy atom. The van der Waals surface area contributed by atoms with Gasteiger partial charge in [-0.05, 0) is 24.1 Å². The first-order chi connectivity index (χ1) is 9.54. The Hall–Kier alpha value is -0.780. The predicted molar refractivity (Wildman–Crippen MR) is 77.6 cm³/mol. The summed E-state index contributed by atoms with van der Waals surface area (Å²) in [5.74, 6) is -0.451. The number of carbonyl (C=O) groups excluding carboxylic acids is 1. The third-order valence-corrected chi connectivity index (χ3v) is 4.50. The summed E-state index contributed by atoms with van der Waals surface area (Å²) in [6.45, 7) is 2.19. The van der Waals surface area contributed by atoms with Gasteiger partial charge in [-0.3, -0.25) is 4.79 Å². The van der Waals surface area contributed by atoms with Gasteiger partial charge < -0.3 is 9.47 Å². The Kier molecular flexibility index (Phi) is 5.69. The van der Waals surface area contributed by atoms with E-state index in [1.165, 1.54) is 18.7 Å². The molecule has 20 heavy (non-hydrogen) atoms. The van der Waals surface area contributed by atoms with Gasteiger partial charge in [-0.25, -0.2) is 4.39 Å². The Balaban J connectivity index is 1.72. The largest absolute Gasteiger partial charge is 0.448 e. The number of benzene rings is 1. The van der Waals surface area contributed by atoms with Crippen molar-refractivity contribution in [2.75, 3.05) is 6.61 Å². The molecule has 1 aromatic carbocycles. The molecule has 1 aliphatic heterocycles. The molecule has 1 fully saturated rings. The van der Waals surface area contributed by atoms with E-state index in [-0.39, 0.29) is 5.25 Å². The number of ether oxygens (including phenoxy) is 2. The summed E-state index contributed by atoms with van der Waals surface area (Å²) in [6.07, 6.45) is -0.767. The van der Waals surface area contributed by atoms with Crippen molar-refractivity contribution in [1.29, 1.82) is 0 Å². The molecule has 0 aromatic heterocycles. The lowest BCUT2D eigenvalue weighted by Crippen LogP contribution is -2.18. The highest BCUT2D eigenvalue weighted by atomic mass is 35.5. The van der Waals surface area contributed by atoms with E-state index in [4.69, 9.17) is 21.1 Å². The third-order valence-electron chi connectivity index (χ3n) is 2.88. The number of thioether (sulfide) groups is 1. The molecule has 1 aromatic rings. The van der Waals surface area contributed by atoms with E-state index in [2.05, 4.69) is 0 Å². The maximum atomic E-state index is 13.6. The van der Waals surface area contributed by atoms with Crippen molar-refractivity contribution in [1.82, 2.24) is 0 Å². The van der Waals surface area contributed by atoms with Crippen LogP contribution in [0.2, 0.25) is 5.02 Å². The molecule has 0 aliphatic carbocycles. The van der Waals surface area contributed by atoms with Crippen LogP contribution in [0.4, 0.5) is 4.39 Å². The molecule has 1 saturated heterocycles. The van der Waals surface area contributed by atoms with Crippen LogP contribution in [0.5, 0.6) is 0 Å². The first kappa shape index (κ1) is 15.6. The summed E-state index contributed by atoms with van der Waals surface area (Å²) in [6, 6.07) is 7.39. The van der Waals surface area contributed by atoms with Gasteiger partial charge in [-0.15, -0.1) is 11.8 Å². The molecule has 0 saturated carbocycles. The average Bonchev–Trinajstić information content (AvgIpc) is 2.72. The Bertz CT molecular complexity index is 454. The summed E-state index contributed by atoms with van der Waals surface area (Å²) in [4.78, 5) is 10.8. The van der Waals surface area contributed by atoms with Crippen LogP contribution in [0.15, 0.2) is 24.3 Å². The van der Waals surface area contributed by atoms with Crippen LogP contribution >= 0.6 is 23.4 Å². The number of carbonyl (C=O) groups is 1. The molecular formula is C14H16ClFO3S. The van der Waals surface area contributed by atoms with E-state index in [0.29, 0.717) is 24.7 Å². The third kappa shape index (κ3) is 4.65. The van der Waals surface area contributed by atoms with Gasteiger partial charge in [0.1, 0.15) is 6.17 Å². The molecule has 0 N–H and O–H groups in total. The minimum absolute atomic E-state index is 0.0154. The second kappa shape index (κ2) is 7.29. The van der Waals surface area contributed by atoms with Crippen LogP contribution in [0.1, 0.15) is 18.9 Å². The molecule has 3 nitrogen and oxygen atoms in total. The number of alkyl halides is 1. The molecule has 2 rings (SSSR count). The van der Waals surface area contributed by atoms with Crippen molar-refractivity contribution in [2.24, 2.45) is 0 Å². The van der Waals surface area contributed by atoms with Crippen molar-refractivity contribution in [3.05, 3.63) is 34.9 Å². The number of hydrogen-bond donors (Lipinski definition) is 0. The fraction of sp³-hybridized carbons (Fsp3) is 0.500. The van der Waals surface area contributed by atoms with Gasteiger partial charge in [-0.2, -0.15) is 0 Å². The van der Waals surface area contributed by atoms with Crippen molar-refractivity contribution < 1.29 is 18.7 Å². The quantitative estimate of drug-likeness (QED) is 0.777. The Morgan fingerprint density at radius 2 is 2.15 bits per heavy atom. The van der Waals surface area contributed by atoms with Crippen molar-refractivity contribution in [3.63, 3.8) is 0 Å². The molecule has 0 bridgehead atoms. The van der Waals surface area contributed by atoms with Crippen molar-refractivity contribution >= 4 is 29.3 Å². The van der Waals surface area contributed by atoms with E-state index in [1.807, 2.05) is 12.1 Å². The fourth-order valence-corrected chi connectivity index (χ4v) is 3.40. The van der Waals surface area contributed by atoms with Gasteiger partial charge in [-0.1, -0.05) is 23.7 Å². The summed E-state index contributed by atoms with van der Waals surface area (Å²) >= 11 is 7.12. The number of rotatable bonds is 5. The van der Waals surface area contributed by atoms with Gasteiger partial charge >= 0.3 is 5.97 Å². The lowest BCUT2D eigenvalue weighted by atomic mass is 10.2. The first-order valence-corrected chi connectivity index (χ1v) is 7.65. The van der Waals surface area contributed by atoms with Gasteiger partial charge in [0.2, 0.25) is 0 Å². The zero-order valence-electron chi connectivity index (χ0n) is 11.1. The fourth-order valence-electron chi connectivity index (χ4n) is 1.95. The zero-order chi connectivity index (χ0) is 14.5. The molecule has 3 atom stereocenters. The highest BCUT2D eigenvalue weighted by Crippen LogP contribution is 2.37. The maximum absolute atomic E-state index is 13.6. The van der Waals surface area contributed by atoms with E-state index >= 15 is 0 Å². The number of hydrogen-bond acceptors (Lipinski definition) is 4. The standard InChI is InChI=1S/C14H16ClFO3S/c1-9(17)19-14-13(16)6-12(20-14)8-18-7-10-2-4-11(15)5-3-10/h2-5,12-14H,6-8H2,1H3. The van der Waals surface area contributed by atoms with Crippen LogP contribution in [-0.2, 0) is 20.9 Å². The van der Waals surface area contributed by atoms with E-state index in [9.17, 15) is 9.18 Å². The normalized spacial score (nSPS) is 25.6. The summed E-state index contributed by atoms with van der Waals surface area (Å²) in [7, 11) is 0. The monoisotopic (exact) mass is 318 g/mol. The molecule has 6 heteroatoms. The minimum Gasteiger partial charge on any atom is -0.448 e. The molecule has 110 valence electrons. The summed E-state index contributed by atoms with van der Waals surface area (Å²) < 4.78 is 24.1. The second-order valence-corrected chi connectivity index (χ2v) is 6.47. The summed E-state index contributed by atoms with van der Waals surface area (Å²) in [5.41, 5.74) is 0.322. The van der Waals surface area contributed by atoms with Gasteiger partial charge in [0.05, 0.1) is 13.2 Å². The van der Waals surface area contributed by atoms with Crippen LogP contribution in [0, 0.1) is 0 Å². The van der Waals surface area contributed by atoms with Gasteiger partial charge in [0.25, 0.3) is 0 Å². The molecule has 1 heterocycles. The first-order valence-electron chi connectivity index (χ1n) is 6.33. The Morgan fingerprint density at radius 3 is 2.80 bits per heavy atom. The second-order valence-electron chi connectivity index (χ2n) is 4.63. The van der Waals surface area contributed by atoms with Crippen molar-refractivity contribution in [3.8, 4) is 0 Å². The van der Waals surface area contributed by atoms with Gasteiger partial charge in [0.15, 0.2) is 5.44 Å². The SMILES string of the molecule is CC(=O)OC1SC(COCc2ccc(Cl)cc2)CC1F. The lowest BCUT2D eigenvalue weighted by Gasteiger charge is -2.12.